The lowest BCUT2D eigenvalue weighted by molar-refractivity contribution is 0.101. The number of benzene rings is 1. The summed E-state index contributed by atoms with van der Waals surface area (Å²) in [6.45, 7) is 1.84. The van der Waals surface area contributed by atoms with Crippen molar-refractivity contribution >= 4 is 17.1 Å². The molecule has 0 spiro atoms. The SMILES string of the molecule is CC(=O)c1ccc(OCc2cc(-c3cccs3)no2)cc1. The molecule has 0 saturated heterocycles. The molecular weight excluding hydrogens is 286 g/mol. The molecule has 2 aromatic heterocycles. The summed E-state index contributed by atoms with van der Waals surface area (Å²) < 4.78 is 10.9. The predicted octanol–water partition coefficient (Wildman–Crippen LogP) is 4.18. The second-order valence-corrected chi connectivity index (χ2v) is 5.47. The first-order chi connectivity index (χ1) is 10.2. The highest BCUT2D eigenvalue weighted by molar-refractivity contribution is 7.13. The molecule has 5 heteroatoms. The minimum absolute atomic E-state index is 0.0392. The lowest BCUT2D eigenvalue weighted by Gasteiger charge is -2.03. The molecule has 0 amide bonds. The maximum Gasteiger partial charge on any atom is 0.174 e. The normalized spacial score (nSPS) is 10.5. The molecule has 0 atom stereocenters. The van der Waals surface area contributed by atoms with Gasteiger partial charge in [0, 0.05) is 11.6 Å². The van der Waals surface area contributed by atoms with E-state index >= 15 is 0 Å². The van der Waals surface area contributed by atoms with E-state index in [0.29, 0.717) is 23.7 Å². The average Bonchev–Trinajstić information content (AvgIpc) is 3.16. The summed E-state index contributed by atoms with van der Waals surface area (Å²) in [7, 11) is 0. The van der Waals surface area contributed by atoms with Gasteiger partial charge in [0.1, 0.15) is 18.1 Å². The van der Waals surface area contributed by atoms with Gasteiger partial charge < -0.3 is 9.26 Å². The van der Waals surface area contributed by atoms with Crippen LogP contribution in [0.1, 0.15) is 23.0 Å². The number of hydrogen-bond donors (Lipinski definition) is 0. The van der Waals surface area contributed by atoms with Gasteiger partial charge in [-0.25, -0.2) is 0 Å². The number of rotatable bonds is 5. The van der Waals surface area contributed by atoms with Crippen LogP contribution in [-0.2, 0) is 6.61 Å². The van der Waals surface area contributed by atoms with Crippen LogP contribution in [0, 0.1) is 0 Å². The molecule has 0 radical (unpaired) electrons. The standard InChI is InChI=1S/C16H13NO3S/c1-11(18)12-4-6-13(7-5-12)19-10-14-9-15(17-20-14)16-3-2-8-21-16/h2-9H,10H2,1H3. The van der Waals surface area contributed by atoms with Crippen LogP contribution in [0.25, 0.3) is 10.6 Å². The van der Waals surface area contributed by atoms with Gasteiger partial charge in [0.05, 0.1) is 4.88 Å². The van der Waals surface area contributed by atoms with Crippen molar-refractivity contribution in [1.29, 1.82) is 0 Å². The van der Waals surface area contributed by atoms with Crippen LogP contribution < -0.4 is 4.74 Å². The molecule has 0 saturated carbocycles. The van der Waals surface area contributed by atoms with Gasteiger partial charge in [-0.2, -0.15) is 0 Å². The Labute approximate surface area is 126 Å². The van der Waals surface area contributed by atoms with E-state index in [1.54, 1.807) is 35.6 Å². The van der Waals surface area contributed by atoms with Gasteiger partial charge in [-0.1, -0.05) is 11.2 Å². The Bertz CT molecular complexity index is 729. The highest BCUT2D eigenvalue weighted by atomic mass is 32.1. The first kappa shape index (κ1) is 13.6. The van der Waals surface area contributed by atoms with E-state index < -0.39 is 0 Å². The van der Waals surface area contributed by atoms with Crippen molar-refractivity contribution in [3.8, 4) is 16.3 Å². The van der Waals surface area contributed by atoms with Crippen molar-refractivity contribution in [2.24, 2.45) is 0 Å². The van der Waals surface area contributed by atoms with E-state index in [1.165, 1.54) is 6.92 Å². The predicted molar refractivity (Wildman–Crippen MR) is 80.6 cm³/mol. The molecule has 0 N–H and O–H groups in total. The van der Waals surface area contributed by atoms with E-state index in [2.05, 4.69) is 5.16 Å². The molecule has 0 unspecified atom stereocenters. The van der Waals surface area contributed by atoms with Crippen LogP contribution in [0.2, 0.25) is 0 Å². The van der Waals surface area contributed by atoms with Gasteiger partial charge in [0.25, 0.3) is 0 Å². The Morgan fingerprint density at radius 1 is 1.29 bits per heavy atom. The number of hydrogen-bond acceptors (Lipinski definition) is 5. The fourth-order valence-electron chi connectivity index (χ4n) is 1.86. The maximum atomic E-state index is 11.2. The second-order valence-electron chi connectivity index (χ2n) is 4.53. The van der Waals surface area contributed by atoms with Crippen LogP contribution in [0.4, 0.5) is 0 Å². The molecule has 0 aliphatic carbocycles. The zero-order valence-electron chi connectivity index (χ0n) is 11.4. The molecule has 1 aromatic carbocycles. The second kappa shape index (κ2) is 5.93. The Balaban J connectivity index is 1.64. The number of carbonyl (C=O) groups excluding carboxylic acids is 1. The fourth-order valence-corrected chi connectivity index (χ4v) is 2.54. The molecule has 4 nitrogen and oxygen atoms in total. The third-order valence-corrected chi connectivity index (χ3v) is 3.87. The van der Waals surface area contributed by atoms with Crippen LogP contribution in [0.3, 0.4) is 0 Å². The molecule has 3 rings (SSSR count). The number of ether oxygens (including phenoxy) is 1. The number of thiophene rings is 1. The third-order valence-electron chi connectivity index (χ3n) is 2.97. The zero-order valence-corrected chi connectivity index (χ0v) is 12.2. The summed E-state index contributed by atoms with van der Waals surface area (Å²) in [5.41, 5.74) is 1.48. The van der Waals surface area contributed by atoms with Crippen molar-refractivity contribution < 1.29 is 14.1 Å². The van der Waals surface area contributed by atoms with Gasteiger partial charge in [0.2, 0.25) is 0 Å². The summed E-state index contributed by atoms with van der Waals surface area (Å²) in [5.74, 6) is 1.39. The van der Waals surface area contributed by atoms with E-state index in [1.807, 2.05) is 23.6 Å². The summed E-state index contributed by atoms with van der Waals surface area (Å²) >= 11 is 1.61. The molecule has 0 bridgehead atoms. The number of ketones is 1. The van der Waals surface area contributed by atoms with Crippen molar-refractivity contribution in [3.63, 3.8) is 0 Å². The average molecular weight is 299 g/mol. The monoisotopic (exact) mass is 299 g/mol. The lowest BCUT2D eigenvalue weighted by atomic mass is 10.1. The molecule has 2 heterocycles. The molecule has 21 heavy (non-hydrogen) atoms. The van der Waals surface area contributed by atoms with Gasteiger partial charge >= 0.3 is 0 Å². The molecule has 106 valence electrons. The molecule has 0 aliphatic heterocycles. The molecule has 0 fully saturated rings. The summed E-state index contributed by atoms with van der Waals surface area (Å²) in [6.07, 6.45) is 0. The molecular formula is C16H13NO3S. The summed E-state index contributed by atoms with van der Waals surface area (Å²) in [4.78, 5) is 12.3. The van der Waals surface area contributed by atoms with Crippen molar-refractivity contribution in [3.05, 3.63) is 59.2 Å². The van der Waals surface area contributed by atoms with Gasteiger partial charge in [0.15, 0.2) is 11.5 Å². The van der Waals surface area contributed by atoms with Crippen LogP contribution >= 0.6 is 11.3 Å². The van der Waals surface area contributed by atoms with Gasteiger partial charge in [-0.15, -0.1) is 11.3 Å². The van der Waals surface area contributed by atoms with Gasteiger partial charge in [-0.05, 0) is 42.6 Å². The Morgan fingerprint density at radius 3 is 2.76 bits per heavy atom. The summed E-state index contributed by atoms with van der Waals surface area (Å²) in [5, 5.41) is 6.02. The minimum Gasteiger partial charge on any atom is -0.486 e. The van der Waals surface area contributed by atoms with E-state index in [4.69, 9.17) is 9.26 Å². The zero-order chi connectivity index (χ0) is 14.7. The number of nitrogens with zero attached hydrogens (tertiary/aromatic N) is 1. The van der Waals surface area contributed by atoms with E-state index in [9.17, 15) is 4.79 Å². The highest BCUT2D eigenvalue weighted by Crippen LogP contribution is 2.24. The smallest absolute Gasteiger partial charge is 0.174 e. The molecule has 3 aromatic rings. The van der Waals surface area contributed by atoms with E-state index in [0.717, 1.165) is 10.6 Å². The van der Waals surface area contributed by atoms with Crippen molar-refractivity contribution in [2.75, 3.05) is 0 Å². The first-order valence-electron chi connectivity index (χ1n) is 6.45. The minimum atomic E-state index is 0.0392. The number of Topliss-reactive ketones (excluding diaryl/α,β-unsaturated/α-hetero) is 1. The number of carbonyl (C=O) groups is 1. The Morgan fingerprint density at radius 2 is 2.10 bits per heavy atom. The number of aromatic nitrogens is 1. The third kappa shape index (κ3) is 3.20. The fraction of sp³-hybridized carbons (Fsp3) is 0.125. The van der Waals surface area contributed by atoms with Gasteiger partial charge in [-0.3, -0.25) is 4.79 Å². The van der Waals surface area contributed by atoms with Crippen LogP contribution in [-0.4, -0.2) is 10.9 Å². The Hall–Kier alpha value is -2.40. The quantitative estimate of drug-likeness (QED) is 0.663. The van der Waals surface area contributed by atoms with Crippen LogP contribution in [0.15, 0.2) is 52.4 Å². The van der Waals surface area contributed by atoms with Crippen LogP contribution in [0.5, 0.6) is 5.75 Å². The van der Waals surface area contributed by atoms with E-state index in [-0.39, 0.29) is 5.78 Å². The maximum absolute atomic E-state index is 11.2. The van der Waals surface area contributed by atoms with Crippen molar-refractivity contribution in [2.45, 2.75) is 13.5 Å². The highest BCUT2D eigenvalue weighted by Gasteiger charge is 2.08. The topological polar surface area (TPSA) is 52.3 Å². The summed E-state index contributed by atoms with van der Waals surface area (Å²) in [6, 6.07) is 12.9. The van der Waals surface area contributed by atoms with Crippen molar-refractivity contribution in [1.82, 2.24) is 5.16 Å². The first-order valence-corrected chi connectivity index (χ1v) is 7.33. The Kier molecular flexibility index (Phi) is 3.83. The lowest BCUT2D eigenvalue weighted by Crippen LogP contribution is -1.95. The molecule has 0 aliphatic rings. The largest absolute Gasteiger partial charge is 0.486 e.